The highest BCUT2D eigenvalue weighted by atomic mass is 79.9. The van der Waals surface area contributed by atoms with E-state index in [4.69, 9.17) is 4.74 Å². The maximum Gasteiger partial charge on any atom is 0.264 e. The van der Waals surface area contributed by atoms with Crippen LogP contribution in [-0.2, 0) is 4.79 Å². The van der Waals surface area contributed by atoms with Crippen LogP contribution in [0.25, 0.3) is 0 Å². The zero-order valence-corrected chi connectivity index (χ0v) is 16.6. The van der Waals surface area contributed by atoms with Gasteiger partial charge in [0.15, 0.2) is 10.9 Å². The van der Waals surface area contributed by atoms with Gasteiger partial charge in [-0.3, -0.25) is 10.1 Å². The van der Waals surface area contributed by atoms with Crippen LogP contribution in [-0.4, -0.2) is 28.5 Å². The molecule has 1 aromatic carbocycles. The number of carbonyl (C=O) groups excluding carboxylic acids is 1. The molecule has 8 heteroatoms. The van der Waals surface area contributed by atoms with E-state index >= 15 is 0 Å². The molecule has 24 heavy (non-hydrogen) atoms. The summed E-state index contributed by atoms with van der Waals surface area (Å²) in [7, 11) is 0. The van der Waals surface area contributed by atoms with Crippen LogP contribution in [0, 0.1) is 0 Å². The molecule has 0 saturated carbocycles. The number of benzene rings is 1. The van der Waals surface area contributed by atoms with Gasteiger partial charge in [-0.15, -0.1) is 16.8 Å². The smallest absolute Gasteiger partial charge is 0.264 e. The fourth-order valence-electron chi connectivity index (χ4n) is 1.74. The van der Waals surface area contributed by atoms with Crippen LogP contribution in [0.2, 0.25) is 0 Å². The van der Waals surface area contributed by atoms with E-state index in [-0.39, 0.29) is 12.5 Å². The Kier molecular flexibility index (Phi) is 7.26. The van der Waals surface area contributed by atoms with Gasteiger partial charge < -0.3 is 4.74 Å². The quantitative estimate of drug-likeness (QED) is 0.375. The molecule has 0 aliphatic rings. The number of ether oxygens (including phenoxy) is 1. The van der Waals surface area contributed by atoms with Crippen molar-refractivity contribution in [3.05, 3.63) is 40.9 Å². The van der Waals surface area contributed by atoms with Crippen LogP contribution < -0.4 is 10.1 Å². The summed E-state index contributed by atoms with van der Waals surface area (Å²) >= 11 is 6.32. The summed E-state index contributed by atoms with van der Waals surface area (Å²) in [6.45, 7) is 7.81. The molecule has 0 bridgehead atoms. The molecule has 0 saturated heterocycles. The summed E-state index contributed by atoms with van der Waals surface area (Å²) in [4.78, 5) is 12.0. The molecule has 5 nitrogen and oxygen atoms in total. The lowest BCUT2D eigenvalue weighted by Crippen LogP contribution is -2.20. The summed E-state index contributed by atoms with van der Waals surface area (Å²) in [6, 6.07) is 5.87. The summed E-state index contributed by atoms with van der Waals surface area (Å²) in [6.07, 6.45) is 1.79. The maximum absolute atomic E-state index is 12.0. The van der Waals surface area contributed by atoms with Gasteiger partial charge in [0.2, 0.25) is 5.13 Å². The van der Waals surface area contributed by atoms with Crippen LogP contribution >= 0.6 is 39.0 Å². The predicted octanol–water partition coefficient (Wildman–Crippen LogP) is 4.72. The number of anilines is 1. The minimum Gasteiger partial charge on any atom is -0.483 e. The fraction of sp³-hybridized carbons (Fsp3) is 0.312. The highest BCUT2D eigenvalue weighted by Gasteiger charge is 2.11. The van der Waals surface area contributed by atoms with E-state index in [0.717, 1.165) is 14.6 Å². The summed E-state index contributed by atoms with van der Waals surface area (Å²) < 4.78 is 7.18. The first-order chi connectivity index (χ1) is 11.5. The second-order valence-corrected chi connectivity index (χ2v) is 8.25. The lowest BCUT2D eigenvalue weighted by Gasteiger charge is -2.11. The van der Waals surface area contributed by atoms with Crippen molar-refractivity contribution < 1.29 is 9.53 Å². The number of halogens is 1. The second-order valence-electron chi connectivity index (χ2n) is 5.15. The van der Waals surface area contributed by atoms with Crippen LogP contribution in [0.15, 0.2) is 39.7 Å². The van der Waals surface area contributed by atoms with E-state index < -0.39 is 0 Å². The molecule has 1 heterocycles. The Labute approximate surface area is 158 Å². The average molecular weight is 428 g/mol. The number of thioether (sulfide) groups is 1. The predicted molar refractivity (Wildman–Crippen MR) is 103 cm³/mol. The number of nitrogens with one attached hydrogen (secondary N) is 1. The molecule has 0 radical (unpaired) electrons. The number of rotatable bonds is 8. The monoisotopic (exact) mass is 427 g/mol. The van der Waals surface area contributed by atoms with E-state index in [1.54, 1.807) is 6.08 Å². The van der Waals surface area contributed by atoms with Crippen molar-refractivity contribution in [3.63, 3.8) is 0 Å². The molecular formula is C16H18BrN3O2S2. The van der Waals surface area contributed by atoms with E-state index in [0.29, 0.717) is 16.8 Å². The first-order valence-corrected chi connectivity index (χ1v) is 9.88. The van der Waals surface area contributed by atoms with Gasteiger partial charge in [-0.2, -0.15) is 0 Å². The first-order valence-electron chi connectivity index (χ1n) is 7.29. The lowest BCUT2D eigenvalue weighted by atomic mass is 10.0. The molecule has 0 spiro atoms. The third kappa shape index (κ3) is 5.61. The SMILES string of the molecule is C=CCSc1nnc(NC(=O)COc2ccc(C(C)C)cc2Br)s1. The van der Waals surface area contributed by atoms with Gasteiger partial charge in [-0.1, -0.05) is 49.1 Å². The molecule has 128 valence electrons. The van der Waals surface area contributed by atoms with Gasteiger partial charge in [0.1, 0.15) is 5.75 Å². The van der Waals surface area contributed by atoms with Crippen LogP contribution in [0.4, 0.5) is 5.13 Å². The van der Waals surface area contributed by atoms with E-state index in [1.165, 1.54) is 28.7 Å². The number of carbonyl (C=O) groups is 1. The lowest BCUT2D eigenvalue weighted by molar-refractivity contribution is -0.118. The van der Waals surface area contributed by atoms with Crippen molar-refractivity contribution in [2.24, 2.45) is 0 Å². The Morgan fingerprint density at radius 3 is 2.96 bits per heavy atom. The Morgan fingerprint density at radius 2 is 2.29 bits per heavy atom. The van der Waals surface area contributed by atoms with Crippen molar-refractivity contribution in [3.8, 4) is 5.75 Å². The molecule has 0 aliphatic heterocycles. The molecule has 0 atom stereocenters. The molecule has 2 aromatic rings. The van der Waals surface area contributed by atoms with Crippen LogP contribution in [0.3, 0.4) is 0 Å². The van der Waals surface area contributed by atoms with Crippen molar-refractivity contribution in [1.82, 2.24) is 10.2 Å². The van der Waals surface area contributed by atoms with Crippen molar-refractivity contribution in [1.29, 1.82) is 0 Å². The normalized spacial score (nSPS) is 10.7. The van der Waals surface area contributed by atoms with Crippen LogP contribution in [0.5, 0.6) is 5.75 Å². The molecule has 1 N–H and O–H groups in total. The standard InChI is InChI=1S/C16H18BrN3O2S2/c1-4-7-23-16-20-19-15(24-16)18-14(21)9-22-13-6-5-11(10(2)3)8-12(13)17/h4-6,8,10H,1,7,9H2,2-3H3,(H,18,19,21). The van der Waals surface area contributed by atoms with Gasteiger partial charge in [0, 0.05) is 5.75 Å². The fourth-order valence-corrected chi connectivity index (χ4v) is 3.78. The molecule has 0 fully saturated rings. The average Bonchev–Trinajstić information content (AvgIpc) is 2.98. The third-order valence-corrected chi connectivity index (χ3v) is 5.55. The third-order valence-electron chi connectivity index (χ3n) is 2.96. The molecule has 1 aromatic heterocycles. The summed E-state index contributed by atoms with van der Waals surface area (Å²) in [5, 5.41) is 11.1. The Hall–Kier alpha value is -1.38. The highest BCUT2D eigenvalue weighted by Crippen LogP contribution is 2.29. The molecule has 1 amide bonds. The maximum atomic E-state index is 12.0. The number of amides is 1. The Bertz CT molecular complexity index is 719. The van der Waals surface area contributed by atoms with Gasteiger partial charge in [-0.25, -0.2) is 0 Å². The van der Waals surface area contributed by atoms with Crippen molar-refractivity contribution in [2.75, 3.05) is 17.7 Å². The molecule has 0 unspecified atom stereocenters. The zero-order chi connectivity index (χ0) is 17.5. The van der Waals surface area contributed by atoms with Crippen molar-refractivity contribution in [2.45, 2.75) is 24.1 Å². The van der Waals surface area contributed by atoms with Crippen molar-refractivity contribution >= 4 is 50.1 Å². The van der Waals surface area contributed by atoms with Crippen LogP contribution in [0.1, 0.15) is 25.3 Å². The Morgan fingerprint density at radius 1 is 1.50 bits per heavy atom. The summed E-state index contributed by atoms with van der Waals surface area (Å²) in [5.41, 5.74) is 1.21. The second kappa shape index (κ2) is 9.19. The first kappa shape index (κ1) is 19.0. The van der Waals surface area contributed by atoms with E-state index in [2.05, 4.69) is 51.9 Å². The van der Waals surface area contributed by atoms with Gasteiger partial charge in [-0.05, 0) is 39.5 Å². The molecule has 0 aliphatic carbocycles. The number of nitrogens with zero attached hydrogens (tertiary/aromatic N) is 2. The Balaban J connectivity index is 1.87. The molecule has 2 rings (SSSR count). The van der Waals surface area contributed by atoms with Gasteiger partial charge >= 0.3 is 0 Å². The number of aromatic nitrogens is 2. The zero-order valence-electron chi connectivity index (χ0n) is 13.4. The molecular weight excluding hydrogens is 410 g/mol. The van der Waals surface area contributed by atoms with E-state index in [9.17, 15) is 4.79 Å². The largest absolute Gasteiger partial charge is 0.483 e. The minimum atomic E-state index is -0.272. The minimum absolute atomic E-state index is 0.0889. The van der Waals surface area contributed by atoms with Gasteiger partial charge in [0.05, 0.1) is 4.47 Å². The van der Waals surface area contributed by atoms with Gasteiger partial charge in [0.25, 0.3) is 5.91 Å². The number of hydrogen-bond acceptors (Lipinski definition) is 6. The number of hydrogen-bond donors (Lipinski definition) is 1. The summed E-state index contributed by atoms with van der Waals surface area (Å²) in [5.74, 6) is 1.55. The highest BCUT2D eigenvalue weighted by molar-refractivity contribution is 9.10. The topological polar surface area (TPSA) is 64.1 Å². The van der Waals surface area contributed by atoms with E-state index in [1.807, 2.05) is 18.2 Å².